The molecule has 100 valence electrons. The molecule has 2 heteroatoms. The number of rotatable bonds is 0. The highest BCUT2D eigenvalue weighted by Gasteiger charge is 2.43. The van der Waals surface area contributed by atoms with Gasteiger partial charge in [-0.3, -0.25) is 4.79 Å². The van der Waals surface area contributed by atoms with E-state index in [2.05, 4.69) is 19.1 Å². The van der Waals surface area contributed by atoms with E-state index >= 15 is 0 Å². The SMILES string of the molecule is C[C@]12CCc3c(ccc4cc(O)ccc34)C1=CCC2=O. The van der Waals surface area contributed by atoms with Gasteiger partial charge in [-0.05, 0) is 59.4 Å². The van der Waals surface area contributed by atoms with Crippen LogP contribution >= 0.6 is 0 Å². The Labute approximate surface area is 117 Å². The van der Waals surface area contributed by atoms with Gasteiger partial charge in [0.25, 0.3) is 0 Å². The van der Waals surface area contributed by atoms with E-state index < -0.39 is 0 Å². The van der Waals surface area contributed by atoms with Gasteiger partial charge in [-0.15, -0.1) is 0 Å². The highest BCUT2D eigenvalue weighted by Crippen LogP contribution is 2.51. The molecule has 2 aromatic carbocycles. The van der Waals surface area contributed by atoms with Crippen molar-refractivity contribution in [2.75, 3.05) is 0 Å². The van der Waals surface area contributed by atoms with Gasteiger partial charge >= 0.3 is 0 Å². The van der Waals surface area contributed by atoms with E-state index in [0.29, 0.717) is 18.0 Å². The minimum atomic E-state index is -0.280. The van der Waals surface area contributed by atoms with E-state index in [1.165, 1.54) is 22.1 Å². The summed E-state index contributed by atoms with van der Waals surface area (Å²) in [5, 5.41) is 11.9. The number of hydrogen-bond donors (Lipinski definition) is 1. The number of hydrogen-bond acceptors (Lipinski definition) is 2. The third-order valence-electron chi connectivity index (χ3n) is 4.98. The molecule has 2 nitrogen and oxygen atoms in total. The van der Waals surface area contributed by atoms with Crippen LogP contribution < -0.4 is 0 Å². The Bertz CT molecular complexity index is 785. The van der Waals surface area contributed by atoms with Crippen molar-refractivity contribution >= 4 is 22.1 Å². The summed E-state index contributed by atoms with van der Waals surface area (Å²) in [6.45, 7) is 2.08. The Kier molecular flexibility index (Phi) is 2.18. The number of Topliss-reactive ketones (excluding diaryl/α,β-unsaturated/α-hetero) is 1. The third-order valence-corrected chi connectivity index (χ3v) is 4.98. The zero-order valence-electron chi connectivity index (χ0n) is 11.4. The second kappa shape index (κ2) is 3.72. The lowest BCUT2D eigenvalue weighted by Crippen LogP contribution is -2.29. The Morgan fingerprint density at radius 1 is 1.20 bits per heavy atom. The molecule has 0 fully saturated rings. The normalized spacial score (nSPS) is 24.4. The zero-order valence-corrected chi connectivity index (χ0v) is 11.4. The zero-order chi connectivity index (χ0) is 13.9. The Hall–Kier alpha value is -2.09. The molecule has 0 heterocycles. The predicted molar refractivity (Wildman–Crippen MR) is 79.6 cm³/mol. The van der Waals surface area contributed by atoms with Gasteiger partial charge in [0.15, 0.2) is 0 Å². The number of fused-ring (bicyclic) bond motifs is 5. The smallest absolute Gasteiger partial charge is 0.146 e. The van der Waals surface area contributed by atoms with Crippen molar-refractivity contribution in [1.82, 2.24) is 0 Å². The standard InChI is InChI=1S/C18H16O2/c1-18-9-8-14-13-5-3-12(19)10-11(13)2-4-15(14)16(18)6-7-17(18)20/h2-6,10,19H,7-9H2,1H3/t18-/m0/s1. The minimum Gasteiger partial charge on any atom is -0.508 e. The fourth-order valence-corrected chi connectivity index (χ4v) is 3.76. The van der Waals surface area contributed by atoms with E-state index in [9.17, 15) is 9.90 Å². The van der Waals surface area contributed by atoms with Crippen molar-refractivity contribution in [3.8, 4) is 5.75 Å². The fourth-order valence-electron chi connectivity index (χ4n) is 3.76. The number of aromatic hydroxyl groups is 1. The monoisotopic (exact) mass is 264 g/mol. The topological polar surface area (TPSA) is 37.3 Å². The van der Waals surface area contributed by atoms with E-state index in [0.717, 1.165) is 18.2 Å². The second-order valence-corrected chi connectivity index (χ2v) is 6.07. The third kappa shape index (κ3) is 1.36. The maximum atomic E-state index is 12.2. The molecule has 20 heavy (non-hydrogen) atoms. The number of phenolic OH excluding ortho intramolecular Hbond substituents is 1. The molecular formula is C18H16O2. The fraction of sp³-hybridized carbons (Fsp3) is 0.278. The molecule has 0 unspecified atom stereocenters. The van der Waals surface area contributed by atoms with Gasteiger partial charge in [-0.2, -0.15) is 0 Å². The predicted octanol–water partition coefficient (Wildman–Crippen LogP) is 3.85. The first kappa shape index (κ1) is 11.7. The summed E-state index contributed by atoms with van der Waals surface area (Å²) >= 11 is 0. The summed E-state index contributed by atoms with van der Waals surface area (Å²) in [5.41, 5.74) is 3.47. The highest BCUT2D eigenvalue weighted by atomic mass is 16.3. The molecule has 1 N–H and O–H groups in total. The van der Waals surface area contributed by atoms with Crippen molar-refractivity contribution in [1.29, 1.82) is 0 Å². The number of phenols is 1. The van der Waals surface area contributed by atoms with Crippen LogP contribution in [0.2, 0.25) is 0 Å². The van der Waals surface area contributed by atoms with Crippen LogP contribution in [-0.2, 0) is 11.2 Å². The average Bonchev–Trinajstić information content (AvgIpc) is 2.74. The first-order valence-electron chi connectivity index (χ1n) is 7.08. The average molecular weight is 264 g/mol. The van der Waals surface area contributed by atoms with E-state index in [1.807, 2.05) is 12.1 Å². The summed E-state index contributed by atoms with van der Waals surface area (Å²) in [7, 11) is 0. The van der Waals surface area contributed by atoms with E-state index in [-0.39, 0.29) is 5.41 Å². The van der Waals surface area contributed by atoms with Crippen molar-refractivity contribution in [2.24, 2.45) is 5.41 Å². The minimum absolute atomic E-state index is 0.280. The van der Waals surface area contributed by atoms with Crippen molar-refractivity contribution in [3.05, 3.63) is 47.5 Å². The lowest BCUT2D eigenvalue weighted by molar-refractivity contribution is -0.123. The molecule has 4 rings (SSSR count). The largest absolute Gasteiger partial charge is 0.508 e. The summed E-state index contributed by atoms with van der Waals surface area (Å²) in [4.78, 5) is 12.2. The molecule has 0 radical (unpaired) electrons. The Balaban J connectivity index is 2.00. The van der Waals surface area contributed by atoms with Crippen LogP contribution in [0.15, 0.2) is 36.4 Å². The highest BCUT2D eigenvalue weighted by molar-refractivity contribution is 6.06. The molecular weight excluding hydrogens is 248 g/mol. The molecule has 0 aromatic heterocycles. The molecule has 0 spiro atoms. The number of carbonyl (C=O) groups excluding carboxylic acids is 1. The van der Waals surface area contributed by atoms with Crippen LogP contribution in [0.4, 0.5) is 0 Å². The molecule has 0 amide bonds. The van der Waals surface area contributed by atoms with Gasteiger partial charge in [-0.1, -0.05) is 24.3 Å². The Morgan fingerprint density at radius 3 is 2.90 bits per heavy atom. The molecule has 1 atom stereocenters. The van der Waals surface area contributed by atoms with Crippen LogP contribution in [0.1, 0.15) is 30.9 Å². The number of ketones is 1. The van der Waals surface area contributed by atoms with Gasteiger partial charge < -0.3 is 5.11 Å². The van der Waals surface area contributed by atoms with Gasteiger partial charge in [0, 0.05) is 6.42 Å². The van der Waals surface area contributed by atoms with Gasteiger partial charge in [0.1, 0.15) is 11.5 Å². The lowest BCUT2D eigenvalue weighted by Gasteiger charge is -2.33. The summed E-state index contributed by atoms with van der Waals surface area (Å²) in [6.07, 6.45) is 4.49. The molecule has 0 bridgehead atoms. The molecule has 2 aliphatic rings. The van der Waals surface area contributed by atoms with Crippen LogP contribution in [0, 0.1) is 5.41 Å². The molecule has 2 aliphatic carbocycles. The molecule has 2 aromatic rings. The van der Waals surface area contributed by atoms with Gasteiger partial charge in [-0.25, -0.2) is 0 Å². The number of allylic oxidation sites excluding steroid dienone is 2. The van der Waals surface area contributed by atoms with Crippen molar-refractivity contribution in [2.45, 2.75) is 26.2 Å². The maximum Gasteiger partial charge on any atom is 0.146 e. The van der Waals surface area contributed by atoms with Gasteiger partial charge in [0.2, 0.25) is 0 Å². The lowest BCUT2D eigenvalue weighted by atomic mass is 9.69. The Morgan fingerprint density at radius 2 is 2.05 bits per heavy atom. The summed E-state index contributed by atoms with van der Waals surface area (Å²) in [5.74, 6) is 0.650. The number of aryl methyl sites for hydroxylation is 1. The maximum absolute atomic E-state index is 12.2. The van der Waals surface area contributed by atoms with Crippen molar-refractivity contribution < 1.29 is 9.90 Å². The second-order valence-electron chi connectivity index (χ2n) is 6.07. The number of benzene rings is 2. The molecule has 0 aliphatic heterocycles. The van der Waals surface area contributed by atoms with Crippen LogP contribution in [0.5, 0.6) is 5.75 Å². The summed E-state index contributed by atoms with van der Waals surface area (Å²) < 4.78 is 0. The molecule has 0 saturated carbocycles. The molecule has 0 saturated heterocycles. The summed E-state index contributed by atoms with van der Waals surface area (Å²) in [6, 6.07) is 9.69. The van der Waals surface area contributed by atoms with Crippen LogP contribution in [-0.4, -0.2) is 10.9 Å². The van der Waals surface area contributed by atoms with Crippen LogP contribution in [0.25, 0.3) is 16.3 Å². The quantitative estimate of drug-likeness (QED) is 0.784. The first-order valence-corrected chi connectivity index (χ1v) is 7.08. The van der Waals surface area contributed by atoms with Crippen molar-refractivity contribution in [3.63, 3.8) is 0 Å². The number of carbonyl (C=O) groups is 1. The van der Waals surface area contributed by atoms with E-state index in [4.69, 9.17) is 0 Å². The van der Waals surface area contributed by atoms with Crippen LogP contribution in [0.3, 0.4) is 0 Å². The van der Waals surface area contributed by atoms with Gasteiger partial charge in [0.05, 0.1) is 5.41 Å². The first-order chi connectivity index (χ1) is 9.59. The van der Waals surface area contributed by atoms with E-state index in [1.54, 1.807) is 12.1 Å².